The average molecular weight is 411 g/mol. The summed E-state index contributed by atoms with van der Waals surface area (Å²) in [5.74, 6) is 3.56. The third-order valence-electron chi connectivity index (χ3n) is 4.11. The second-order valence-corrected chi connectivity index (χ2v) is 7.74. The van der Waals surface area contributed by atoms with E-state index in [2.05, 4.69) is 16.6 Å². The summed E-state index contributed by atoms with van der Waals surface area (Å²) in [6.45, 7) is 7.52. The molecule has 0 aliphatic heterocycles. The number of urea groups is 1. The molecule has 0 heterocycles. The summed E-state index contributed by atoms with van der Waals surface area (Å²) < 4.78 is 16.5. The van der Waals surface area contributed by atoms with Gasteiger partial charge in [-0.2, -0.15) is 0 Å². The number of amides is 2. The fraction of sp³-hybridized carbons (Fsp3) is 0.375. The lowest BCUT2D eigenvalue weighted by Crippen LogP contribution is -2.34. The first-order chi connectivity index (χ1) is 14.3. The lowest BCUT2D eigenvalue weighted by atomic mass is 10.1. The molecule has 2 N–H and O–H groups in total. The van der Waals surface area contributed by atoms with Crippen molar-refractivity contribution in [2.75, 3.05) is 13.7 Å². The van der Waals surface area contributed by atoms with Crippen molar-refractivity contribution >= 4 is 6.03 Å². The third-order valence-corrected chi connectivity index (χ3v) is 4.11. The summed E-state index contributed by atoms with van der Waals surface area (Å²) in [4.78, 5) is 12.2. The second-order valence-electron chi connectivity index (χ2n) is 7.74. The number of hydrogen-bond donors (Lipinski definition) is 2. The zero-order valence-electron chi connectivity index (χ0n) is 18.1. The van der Waals surface area contributed by atoms with Gasteiger partial charge in [-0.25, -0.2) is 4.79 Å². The van der Waals surface area contributed by atoms with Crippen LogP contribution in [-0.2, 0) is 24.4 Å². The van der Waals surface area contributed by atoms with E-state index in [1.54, 1.807) is 19.2 Å². The molecule has 2 rings (SSSR count). The normalized spacial score (nSPS) is 10.8. The molecule has 0 aliphatic carbocycles. The maximum atomic E-state index is 12.2. The molecule has 0 radical (unpaired) electrons. The average Bonchev–Trinajstić information content (AvgIpc) is 2.73. The van der Waals surface area contributed by atoms with Crippen LogP contribution in [0.3, 0.4) is 0 Å². The first-order valence-electron chi connectivity index (χ1n) is 9.77. The van der Waals surface area contributed by atoms with Crippen molar-refractivity contribution < 1.29 is 19.0 Å². The molecule has 2 amide bonds. The summed E-state index contributed by atoms with van der Waals surface area (Å²) in [5.41, 5.74) is 2.76. The standard InChI is InChI=1S/C24H30N2O4/c1-6-12-29-22-14-19(10-11-21(22)28-5)16-26-23(27)25-15-18-8-7-9-20(13-18)17-30-24(2,3)4/h1,7-11,13-14H,12,15-17H2,2-5H3,(H2,25,26,27). The van der Waals surface area contributed by atoms with E-state index in [9.17, 15) is 4.79 Å². The van der Waals surface area contributed by atoms with Crippen LogP contribution in [0, 0.1) is 12.3 Å². The van der Waals surface area contributed by atoms with Gasteiger partial charge in [-0.3, -0.25) is 0 Å². The van der Waals surface area contributed by atoms with E-state index >= 15 is 0 Å². The van der Waals surface area contributed by atoms with E-state index in [0.29, 0.717) is 31.2 Å². The number of nitrogens with one attached hydrogen (secondary N) is 2. The van der Waals surface area contributed by atoms with Crippen LogP contribution in [0.5, 0.6) is 11.5 Å². The molecule has 0 bridgehead atoms. The topological polar surface area (TPSA) is 68.8 Å². The van der Waals surface area contributed by atoms with Gasteiger partial charge in [0.1, 0.15) is 6.61 Å². The van der Waals surface area contributed by atoms with Crippen LogP contribution in [0.15, 0.2) is 42.5 Å². The van der Waals surface area contributed by atoms with Gasteiger partial charge < -0.3 is 24.8 Å². The molecule has 0 fully saturated rings. The summed E-state index contributed by atoms with van der Waals surface area (Å²) in [5, 5.41) is 5.71. The molecule has 6 nitrogen and oxygen atoms in total. The predicted molar refractivity (Wildman–Crippen MR) is 117 cm³/mol. The molecule has 0 aromatic heterocycles. The van der Waals surface area contributed by atoms with Gasteiger partial charge in [0.05, 0.1) is 19.3 Å². The fourth-order valence-electron chi connectivity index (χ4n) is 2.62. The number of rotatable bonds is 9. The summed E-state index contributed by atoms with van der Waals surface area (Å²) in [6.07, 6.45) is 5.24. The van der Waals surface area contributed by atoms with Crippen molar-refractivity contribution in [1.82, 2.24) is 10.6 Å². The highest BCUT2D eigenvalue weighted by Gasteiger charge is 2.10. The zero-order valence-corrected chi connectivity index (χ0v) is 18.1. The van der Waals surface area contributed by atoms with Crippen LogP contribution in [-0.4, -0.2) is 25.3 Å². The summed E-state index contributed by atoms with van der Waals surface area (Å²) in [6, 6.07) is 13.2. The number of benzene rings is 2. The third kappa shape index (κ3) is 8.06. The van der Waals surface area contributed by atoms with E-state index in [1.807, 2.05) is 51.1 Å². The Kier molecular flexibility index (Phi) is 8.57. The minimum Gasteiger partial charge on any atom is -0.493 e. The van der Waals surface area contributed by atoms with Gasteiger partial charge in [-0.1, -0.05) is 36.3 Å². The van der Waals surface area contributed by atoms with Gasteiger partial charge in [-0.15, -0.1) is 6.42 Å². The number of ether oxygens (including phenoxy) is 3. The Morgan fingerprint density at radius 2 is 1.67 bits per heavy atom. The van der Waals surface area contributed by atoms with Gasteiger partial charge in [0, 0.05) is 13.1 Å². The van der Waals surface area contributed by atoms with Crippen molar-refractivity contribution in [3.05, 3.63) is 59.2 Å². The maximum absolute atomic E-state index is 12.2. The molecular weight excluding hydrogens is 380 g/mol. The lowest BCUT2D eigenvalue weighted by molar-refractivity contribution is -0.0149. The van der Waals surface area contributed by atoms with Crippen LogP contribution in [0.2, 0.25) is 0 Å². The van der Waals surface area contributed by atoms with Gasteiger partial charge in [-0.05, 0) is 49.6 Å². The van der Waals surface area contributed by atoms with Crippen LogP contribution in [0.25, 0.3) is 0 Å². The molecule has 0 saturated heterocycles. The largest absolute Gasteiger partial charge is 0.493 e. The Bertz CT molecular complexity index is 882. The SMILES string of the molecule is C#CCOc1cc(CNC(=O)NCc2cccc(COC(C)(C)C)c2)ccc1OC. The van der Waals surface area contributed by atoms with E-state index in [-0.39, 0.29) is 18.2 Å². The maximum Gasteiger partial charge on any atom is 0.315 e. The molecule has 0 aliphatic rings. The number of carbonyl (C=O) groups excluding carboxylic acids is 1. The number of terminal acetylenes is 1. The predicted octanol–water partition coefficient (Wildman–Crippen LogP) is 4.02. The Labute approximate surface area is 178 Å². The highest BCUT2D eigenvalue weighted by molar-refractivity contribution is 5.73. The summed E-state index contributed by atoms with van der Waals surface area (Å²) >= 11 is 0. The summed E-state index contributed by atoms with van der Waals surface area (Å²) in [7, 11) is 1.56. The van der Waals surface area contributed by atoms with E-state index < -0.39 is 0 Å². The number of hydrogen-bond acceptors (Lipinski definition) is 4. The highest BCUT2D eigenvalue weighted by atomic mass is 16.5. The van der Waals surface area contributed by atoms with Gasteiger partial charge in [0.15, 0.2) is 11.5 Å². The van der Waals surface area contributed by atoms with Crippen LogP contribution in [0.4, 0.5) is 4.79 Å². The molecule has 0 unspecified atom stereocenters. The van der Waals surface area contributed by atoms with Crippen LogP contribution >= 0.6 is 0 Å². The Hall–Kier alpha value is -3.17. The first-order valence-corrected chi connectivity index (χ1v) is 9.77. The van der Waals surface area contributed by atoms with Gasteiger partial charge in [0.2, 0.25) is 0 Å². The lowest BCUT2D eigenvalue weighted by Gasteiger charge is -2.19. The minimum atomic E-state index is -0.256. The molecular formula is C24H30N2O4. The first kappa shape index (κ1) is 23.1. The van der Waals surface area contributed by atoms with Crippen LogP contribution in [0.1, 0.15) is 37.5 Å². The zero-order chi connectivity index (χ0) is 22.0. The quantitative estimate of drug-likeness (QED) is 0.613. The number of carbonyl (C=O) groups is 1. The monoisotopic (exact) mass is 410 g/mol. The van der Waals surface area contributed by atoms with Crippen molar-refractivity contribution in [2.24, 2.45) is 0 Å². The molecule has 160 valence electrons. The smallest absolute Gasteiger partial charge is 0.315 e. The molecule has 2 aromatic carbocycles. The molecule has 0 atom stereocenters. The van der Waals surface area contributed by atoms with E-state index in [1.165, 1.54) is 0 Å². The van der Waals surface area contributed by atoms with Crippen LogP contribution < -0.4 is 20.1 Å². The molecule has 0 saturated carbocycles. The van der Waals surface area contributed by atoms with Crippen molar-refractivity contribution in [2.45, 2.75) is 46.1 Å². The fourth-order valence-corrected chi connectivity index (χ4v) is 2.62. The Balaban J connectivity index is 1.85. The van der Waals surface area contributed by atoms with E-state index in [0.717, 1.165) is 16.7 Å². The Morgan fingerprint density at radius 3 is 2.30 bits per heavy atom. The Morgan fingerprint density at radius 1 is 1.00 bits per heavy atom. The molecule has 6 heteroatoms. The minimum absolute atomic E-state index is 0.146. The second kappa shape index (κ2) is 11.1. The van der Waals surface area contributed by atoms with Crippen molar-refractivity contribution in [3.63, 3.8) is 0 Å². The van der Waals surface area contributed by atoms with Gasteiger partial charge in [0.25, 0.3) is 0 Å². The van der Waals surface area contributed by atoms with Crippen molar-refractivity contribution in [3.8, 4) is 23.8 Å². The van der Waals surface area contributed by atoms with E-state index in [4.69, 9.17) is 20.6 Å². The highest BCUT2D eigenvalue weighted by Crippen LogP contribution is 2.27. The number of methoxy groups -OCH3 is 1. The van der Waals surface area contributed by atoms with Gasteiger partial charge >= 0.3 is 6.03 Å². The molecule has 2 aromatic rings. The molecule has 0 spiro atoms. The van der Waals surface area contributed by atoms with Crippen molar-refractivity contribution in [1.29, 1.82) is 0 Å². The molecule has 30 heavy (non-hydrogen) atoms.